The predicted molar refractivity (Wildman–Crippen MR) is 227 cm³/mol. The highest BCUT2D eigenvalue weighted by Gasteiger charge is 2.51. The monoisotopic (exact) mass is 701 g/mol. The molecule has 0 bridgehead atoms. The van der Waals surface area contributed by atoms with Gasteiger partial charge in [0.2, 0.25) is 0 Å². The molecule has 9 aromatic rings. The molecule has 0 unspecified atom stereocenters. The summed E-state index contributed by atoms with van der Waals surface area (Å²) in [7, 11) is 0. The SMILES string of the molecule is c1ccc(-c2ccc(N(c3ccc(-c4ccccc4)cc3)c3ccc4c(c3)C3(c5cc6ccccc6cc5O4)c4ccccc4-c4ccccc43)cc2)cc1. The third-order valence-corrected chi connectivity index (χ3v) is 11.5. The van der Waals surface area contributed by atoms with Gasteiger partial charge in [-0.2, -0.15) is 0 Å². The van der Waals surface area contributed by atoms with Crippen LogP contribution in [0.15, 0.2) is 212 Å². The molecule has 0 aromatic heterocycles. The van der Waals surface area contributed by atoms with Gasteiger partial charge in [-0.25, -0.2) is 0 Å². The first-order valence-electron chi connectivity index (χ1n) is 18.9. The molecular weight excluding hydrogens is 667 g/mol. The number of benzene rings is 9. The Balaban J connectivity index is 1.15. The Bertz CT molecular complexity index is 2750. The van der Waals surface area contributed by atoms with E-state index in [2.05, 4.69) is 217 Å². The molecule has 0 saturated carbocycles. The van der Waals surface area contributed by atoms with Crippen LogP contribution < -0.4 is 9.64 Å². The minimum atomic E-state index is -0.587. The lowest BCUT2D eigenvalue weighted by Gasteiger charge is -2.40. The molecule has 0 N–H and O–H groups in total. The van der Waals surface area contributed by atoms with Crippen LogP contribution in [-0.2, 0) is 5.41 Å². The molecule has 2 nitrogen and oxygen atoms in total. The van der Waals surface area contributed by atoms with Crippen LogP contribution in [0.3, 0.4) is 0 Å². The first-order chi connectivity index (χ1) is 27.3. The number of rotatable bonds is 5. The standard InChI is InChI=1S/C53H35NO/c1-3-13-36(14-4-1)38-23-27-42(28-24-38)54(43-29-25-39(26-30-43)37-15-5-2-6-16-37)44-31-32-51-50(35-44)53(49-33-40-17-7-8-18-41(40)34-52(49)55-51)47-21-11-9-19-45(47)46-20-10-12-22-48(46)53/h1-35H. The first kappa shape index (κ1) is 31.4. The van der Waals surface area contributed by atoms with E-state index < -0.39 is 5.41 Å². The zero-order valence-electron chi connectivity index (χ0n) is 30.1. The van der Waals surface area contributed by atoms with Crippen LogP contribution in [0.25, 0.3) is 44.2 Å². The zero-order valence-corrected chi connectivity index (χ0v) is 30.1. The van der Waals surface area contributed by atoms with Gasteiger partial charge >= 0.3 is 0 Å². The summed E-state index contributed by atoms with van der Waals surface area (Å²) in [5.74, 6) is 1.77. The Morgan fingerprint density at radius 1 is 0.309 bits per heavy atom. The van der Waals surface area contributed by atoms with Crippen LogP contribution >= 0.6 is 0 Å². The Morgan fingerprint density at radius 2 is 0.745 bits per heavy atom. The maximum atomic E-state index is 6.96. The third kappa shape index (κ3) is 4.89. The van der Waals surface area contributed by atoms with Crippen LogP contribution in [0.4, 0.5) is 17.1 Å². The minimum Gasteiger partial charge on any atom is -0.457 e. The van der Waals surface area contributed by atoms with Gasteiger partial charge in [-0.1, -0.05) is 158 Å². The van der Waals surface area contributed by atoms with Crippen LogP contribution in [0.1, 0.15) is 22.3 Å². The van der Waals surface area contributed by atoms with E-state index in [4.69, 9.17) is 4.74 Å². The van der Waals surface area contributed by atoms with Gasteiger partial charge in [0, 0.05) is 28.2 Å². The van der Waals surface area contributed by atoms with Crippen molar-refractivity contribution in [1.29, 1.82) is 0 Å². The largest absolute Gasteiger partial charge is 0.457 e. The fourth-order valence-electron chi connectivity index (χ4n) is 9.03. The Hall–Kier alpha value is -7.16. The summed E-state index contributed by atoms with van der Waals surface area (Å²) in [6.45, 7) is 0. The highest BCUT2D eigenvalue weighted by atomic mass is 16.5. The van der Waals surface area contributed by atoms with Gasteiger partial charge in [0.1, 0.15) is 11.5 Å². The quantitative estimate of drug-likeness (QED) is 0.177. The lowest BCUT2D eigenvalue weighted by molar-refractivity contribution is 0.437. The van der Waals surface area contributed by atoms with E-state index in [-0.39, 0.29) is 0 Å². The molecule has 0 saturated heterocycles. The van der Waals surface area contributed by atoms with Gasteiger partial charge in [-0.15, -0.1) is 0 Å². The van der Waals surface area contributed by atoms with Gasteiger partial charge in [0.05, 0.1) is 5.41 Å². The molecule has 1 spiro atoms. The normalized spacial score (nSPS) is 13.0. The van der Waals surface area contributed by atoms with E-state index in [0.717, 1.165) is 34.1 Å². The molecule has 1 aliphatic carbocycles. The second-order valence-electron chi connectivity index (χ2n) is 14.5. The smallest absolute Gasteiger partial charge is 0.132 e. The number of hydrogen-bond donors (Lipinski definition) is 0. The molecule has 0 amide bonds. The van der Waals surface area contributed by atoms with Crippen molar-refractivity contribution in [2.45, 2.75) is 5.41 Å². The summed E-state index contributed by atoms with van der Waals surface area (Å²) >= 11 is 0. The average molecular weight is 702 g/mol. The molecule has 2 heteroatoms. The molecule has 0 radical (unpaired) electrons. The van der Waals surface area contributed by atoms with Crippen LogP contribution in [-0.4, -0.2) is 0 Å². The Kier molecular flexibility index (Phi) is 7.11. The number of hydrogen-bond acceptors (Lipinski definition) is 2. The molecule has 11 rings (SSSR count). The van der Waals surface area contributed by atoms with Crippen molar-refractivity contribution in [2.24, 2.45) is 0 Å². The van der Waals surface area contributed by atoms with E-state index in [1.165, 1.54) is 60.8 Å². The van der Waals surface area contributed by atoms with Crippen molar-refractivity contribution in [3.8, 4) is 44.9 Å². The van der Waals surface area contributed by atoms with Gasteiger partial charge in [-0.3, -0.25) is 0 Å². The van der Waals surface area contributed by atoms with E-state index in [1.807, 2.05) is 0 Å². The Morgan fingerprint density at radius 3 is 1.31 bits per heavy atom. The molecule has 0 fully saturated rings. The molecule has 2 aliphatic rings. The summed E-state index contributed by atoms with van der Waals surface area (Å²) in [5.41, 5.74) is 14.8. The van der Waals surface area contributed by atoms with Gasteiger partial charge in [-0.05, 0) is 110 Å². The zero-order chi connectivity index (χ0) is 36.3. The molecule has 258 valence electrons. The minimum absolute atomic E-state index is 0.587. The molecule has 0 atom stereocenters. The summed E-state index contributed by atoms with van der Waals surface area (Å²) in [4.78, 5) is 2.38. The number of anilines is 3. The van der Waals surface area contributed by atoms with E-state index in [1.54, 1.807) is 0 Å². The van der Waals surface area contributed by atoms with Crippen molar-refractivity contribution in [1.82, 2.24) is 0 Å². The highest BCUT2D eigenvalue weighted by Crippen LogP contribution is 2.63. The fourth-order valence-corrected chi connectivity index (χ4v) is 9.03. The molecule has 9 aromatic carbocycles. The summed E-state index contributed by atoms with van der Waals surface area (Å²) in [6, 6.07) is 76.8. The summed E-state index contributed by atoms with van der Waals surface area (Å²) in [5, 5.41) is 2.37. The van der Waals surface area contributed by atoms with Gasteiger partial charge < -0.3 is 9.64 Å². The van der Waals surface area contributed by atoms with Crippen molar-refractivity contribution in [2.75, 3.05) is 4.90 Å². The number of ether oxygens (including phenoxy) is 1. The van der Waals surface area contributed by atoms with Gasteiger partial charge in [0.15, 0.2) is 0 Å². The van der Waals surface area contributed by atoms with Gasteiger partial charge in [0.25, 0.3) is 0 Å². The van der Waals surface area contributed by atoms with E-state index >= 15 is 0 Å². The lowest BCUT2D eigenvalue weighted by atomic mass is 9.65. The summed E-state index contributed by atoms with van der Waals surface area (Å²) < 4.78 is 6.96. The highest BCUT2D eigenvalue weighted by molar-refractivity contribution is 5.93. The van der Waals surface area contributed by atoms with Crippen molar-refractivity contribution in [3.05, 3.63) is 235 Å². The topological polar surface area (TPSA) is 12.5 Å². The van der Waals surface area contributed by atoms with Crippen LogP contribution in [0, 0.1) is 0 Å². The van der Waals surface area contributed by atoms with Crippen LogP contribution in [0.2, 0.25) is 0 Å². The second kappa shape index (κ2) is 12.5. The number of fused-ring (bicyclic) bond motifs is 10. The number of nitrogens with zero attached hydrogens (tertiary/aromatic N) is 1. The summed E-state index contributed by atoms with van der Waals surface area (Å²) in [6.07, 6.45) is 0. The second-order valence-corrected chi connectivity index (χ2v) is 14.5. The maximum absolute atomic E-state index is 6.96. The van der Waals surface area contributed by atoms with E-state index in [9.17, 15) is 0 Å². The average Bonchev–Trinajstić information content (AvgIpc) is 3.55. The first-order valence-corrected chi connectivity index (χ1v) is 18.9. The van der Waals surface area contributed by atoms with Crippen molar-refractivity contribution < 1.29 is 4.74 Å². The van der Waals surface area contributed by atoms with Crippen molar-refractivity contribution >= 4 is 27.8 Å². The lowest BCUT2D eigenvalue weighted by Crippen LogP contribution is -2.32. The molecule has 1 heterocycles. The molecule has 1 aliphatic heterocycles. The van der Waals surface area contributed by atoms with Crippen LogP contribution in [0.5, 0.6) is 11.5 Å². The maximum Gasteiger partial charge on any atom is 0.132 e. The van der Waals surface area contributed by atoms with E-state index in [0.29, 0.717) is 0 Å². The predicted octanol–water partition coefficient (Wildman–Crippen LogP) is 14.1. The Labute approximate surface area is 321 Å². The third-order valence-electron chi connectivity index (χ3n) is 11.5. The molecule has 55 heavy (non-hydrogen) atoms. The molecular formula is C53H35NO. The fraction of sp³-hybridized carbons (Fsp3) is 0.0189. The van der Waals surface area contributed by atoms with Crippen molar-refractivity contribution in [3.63, 3.8) is 0 Å².